The van der Waals surface area contributed by atoms with Gasteiger partial charge < -0.3 is 9.64 Å². The molecule has 2 aromatic rings. The Morgan fingerprint density at radius 2 is 1.93 bits per heavy atom. The summed E-state index contributed by atoms with van der Waals surface area (Å²) in [4.78, 5) is 18.7. The largest absolute Gasteiger partial charge is 0.457 e. The molecule has 0 saturated heterocycles. The van der Waals surface area contributed by atoms with Gasteiger partial charge in [-0.3, -0.25) is 0 Å². The van der Waals surface area contributed by atoms with Crippen molar-refractivity contribution in [2.75, 3.05) is 13.6 Å². The van der Waals surface area contributed by atoms with E-state index in [0.717, 1.165) is 24.2 Å². The Morgan fingerprint density at radius 1 is 1.18 bits per heavy atom. The number of hydrogen-bond acceptors (Lipinski definition) is 3. The van der Waals surface area contributed by atoms with Crippen LogP contribution in [0.5, 0.6) is 0 Å². The second-order valence-corrected chi connectivity index (χ2v) is 6.29. The number of aliphatic imine (C=N–C) groups is 1. The maximum atomic E-state index is 12.8. The van der Waals surface area contributed by atoms with Crippen molar-refractivity contribution in [3.05, 3.63) is 64.7 Å². The zero-order valence-electron chi connectivity index (χ0n) is 16.1. The number of nitrogens with zero attached hydrogens (tertiary/aromatic N) is 2. The Balaban J connectivity index is 2.11. The minimum Gasteiger partial charge on any atom is -0.457 e. The molecule has 0 aliphatic heterocycles. The van der Waals surface area contributed by atoms with E-state index < -0.39 is 17.7 Å². The van der Waals surface area contributed by atoms with Crippen molar-refractivity contribution in [2.45, 2.75) is 33.1 Å². The number of benzene rings is 2. The summed E-state index contributed by atoms with van der Waals surface area (Å²) in [6.07, 6.45) is -2.13. The number of ether oxygens (including phenoxy) is 1. The van der Waals surface area contributed by atoms with Crippen molar-refractivity contribution < 1.29 is 22.7 Å². The van der Waals surface area contributed by atoms with E-state index in [0.29, 0.717) is 17.7 Å². The molecule has 0 spiro atoms. The molecular formula is C21H23F3N2O2. The maximum absolute atomic E-state index is 12.8. The maximum Gasteiger partial charge on any atom is 0.416 e. The van der Waals surface area contributed by atoms with Crippen LogP contribution in [0.25, 0.3) is 0 Å². The van der Waals surface area contributed by atoms with Gasteiger partial charge in [-0.15, -0.1) is 0 Å². The highest BCUT2D eigenvalue weighted by molar-refractivity contribution is 5.91. The van der Waals surface area contributed by atoms with Crippen LogP contribution >= 0.6 is 0 Å². The van der Waals surface area contributed by atoms with Gasteiger partial charge in [0.05, 0.1) is 23.2 Å². The molecule has 7 heteroatoms. The van der Waals surface area contributed by atoms with E-state index >= 15 is 0 Å². The number of hydrogen-bond donors (Lipinski definition) is 0. The molecule has 0 aliphatic carbocycles. The van der Waals surface area contributed by atoms with Gasteiger partial charge in [-0.2, -0.15) is 13.2 Å². The zero-order chi connectivity index (χ0) is 20.7. The predicted octanol–water partition coefficient (Wildman–Crippen LogP) is 5.24. The van der Waals surface area contributed by atoms with Crippen LogP contribution in [-0.2, 0) is 23.9 Å². The van der Waals surface area contributed by atoms with Crippen molar-refractivity contribution in [1.29, 1.82) is 0 Å². The summed E-state index contributed by atoms with van der Waals surface area (Å²) in [6.45, 7) is 4.51. The zero-order valence-corrected chi connectivity index (χ0v) is 16.1. The monoisotopic (exact) mass is 392 g/mol. The fourth-order valence-electron chi connectivity index (χ4n) is 2.46. The third-order valence-corrected chi connectivity index (χ3v) is 4.22. The molecule has 28 heavy (non-hydrogen) atoms. The lowest BCUT2D eigenvalue weighted by Gasteiger charge is -2.12. The normalized spacial score (nSPS) is 11.6. The fourth-order valence-corrected chi connectivity index (χ4v) is 2.46. The smallest absolute Gasteiger partial charge is 0.416 e. The average Bonchev–Trinajstić information content (AvgIpc) is 2.69. The van der Waals surface area contributed by atoms with E-state index in [1.165, 1.54) is 12.1 Å². The summed E-state index contributed by atoms with van der Waals surface area (Å²) in [6, 6.07) is 9.90. The molecule has 0 bridgehead atoms. The molecule has 0 unspecified atom stereocenters. The van der Waals surface area contributed by atoms with Crippen LogP contribution < -0.4 is 0 Å². The summed E-state index contributed by atoms with van der Waals surface area (Å²) in [5.74, 6) is -0.574. The van der Waals surface area contributed by atoms with E-state index in [4.69, 9.17) is 4.74 Å². The lowest BCUT2D eigenvalue weighted by Crippen LogP contribution is -2.14. The molecule has 0 amide bonds. The topological polar surface area (TPSA) is 41.9 Å². The number of halogens is 3. The summed E-state index contributed by atoms with van der Waals surface area (Å²) in [5, 5.41) is 0. The first-order valence-corrected chi connectivity index (χ1v) is 8.95. The fraction of sp³-hybridized carbons (Fsp3) is 0.333. The number of carbonyl (C=O) groups excluding carboxylic acids is 1. The summed E-state index contributed by atoms with van der Waals surface area (Å²) in [5.41, 5.74) is 1.38. The Morgan fingerprint density at radius 3 is 2.57 bits per heavy atom. The van der Waals surface area contributed by atoms with Crippen molar-refractivity contribution >= 4 is 18.0 Å². The predicted molar refractivity (Wildman–Crippen MR) is 103 cm³/mol. The van der Waals surface area contributed by atoms with Crippen LogP contribution in [0.1, 0.15) is 40.9 Å². The van der Waals surface area contributed by atoms with Crippen LogP contribution in [0, 0.1) is 0 Å². The molecule has 0 N–H and O–H groups in total. The molecule has 2 rings (SSSR count). The number of rotatable bonds is 7. The second kappa shape index (κ2) is 9.39. The van der Waals surface area contributed by atoms with Gasteiger partial charge in [-0.1, -0.05) is 19.1 Å². The van der Waals surface area contributed by atoms with E-state index in [1.54, 1.807) is 24.5 Å². The van der Waals surface area contributed by atoms with Gasteiger partial charge in [0, 0.05) is 13.6 Å². The van der Waals surface area contributed by atoms with Crippen LogP contribution in [0.2, 0.25) is 0 Å². The molecule has 0 heterocycles. The molecule has 0 radical (unpaired) electrons. The minimum atomic E-state index is -4.43. The Bertz CT molecular complexity index is 848. The molecule has 4 nitrogen and oxygen atoms in total. The van der Waals surface area contributed by atoms with Gasteiger partial charge in [-0.05, 0) is 54.8 Å². The van der Waals surface area contributed by atoms with Crippen molar-refractivity contribution in [1.82, 2.24) is 4.90 Å². The number of alkyl halides is 3. The van der Waals surface area contributed by atoms with Gasteiger partial charge in [0.2, 0.25) is 0 Å². The quantitative estimate of drug-likeness (QED) is 0.368. The third-order valence-electron chi connectivity index (χ3n) is 4.22. The Labute approximate surface area is 162 Å². The standard InChI is InChI=1S/C21H23F3N2O2/c1-4-16-12-18(25-14-26(3)5-2)9-10-19(16)20(27)28-13-15-7-6-8-17(11-15)21(22,23)24/h6-12,14H,4-5,13H2,1-3H3. The van der Waals surface area contributed by atoms with E-state index in [9.17, 15) is 18.0 Å². The van der Waals surface area contributed by atoms with Crippen molar-refractivity contribution in [2.24, 2.45) is 4.99 Å². The Hall–Kier alpha value is -2.83. The van der Waals surface area contributed by atoms with Crippen molar-refractivity contribution in [3.8, 4) is 0 Å². The first-order valence-electron chi connectivity index (χ1n) is 8.95. The lowest BCUT2D eigenvalue weighted by molar-refractivity contribution is -0.137. The average molecular weight is 392 g/mol. The first kappa shape index (κ1) is 21.5. The molecule has 0 aliphatic rings. The molecule has 0 fully saturated rings. The summed E-state index contributed by atoms with van der Waals surface area (Å²) < 4.78 is 43.6. The van der Waals surface area contributed by atoms with Crippen LogP contribution in [0.3, 0.4) is 0 Å². The van der Waals surface area contributed by atoms with E-state index in [2.05, 4.69) is 4.99 Å². The van der Waals surface area contributed by atoms with Gasteiger partial charge >= 0.3 is 12.1 Å². The van der Waals surface area contributed by atoms with Crippen LogP contribution in [-0.4, -0.2) is 30.8 Å². The minimum absolute atomic E-state index is 0.229. The second-order valence-electron chi connectivity index (χ2n) is 6.29. The third kappa shape index (κ3) is 5.84. The molecule has 0 saturated carbocycles. The van der Waals surface area contributed by atoms with Gasteiger partial charge in [0.15, 0.2) is 0 Å². The molecule has 2 aromatic carbocycles. The molecule has 0 aromatic heterocycles. The molecule has 0 atom stereocenters. The highest BCUT2D eigenvalue weighted by atomic mass is 19.4. The highest BCUT2D eigenvalue weighted by Gasteiger charge is 2.30. The summed E-state index contributed by atoms with van der Waals surface area (Å²) in [7, 11) is 1.91. The van der Waals surface area contributed by atoms with Crippen LogP contribution in [0.15, 0.2) is 47.5 Å². The number of esters is 1. The van der Waals surface area contributed by atoms with Gasteiger partial charge in [0.1, 0.15) is 6.61 Å². The molecule has 150 valence electrons. The van der Waals surface area contributed by atoms with Crippen LogP contribution in [0.4, 0.5) is 18.9 Å². The van der Waals surface area contributed by atoms with Gasteiger partial charge in [-0.25, -0.2) is 9.79 Å². The Kier molecular flexibility index (Phi) is 7.20. The van der Waals surface area contributed by atoms with E-state index in [-0.39, 0.29) is 12.2 Å². The number of carbonyl (C=O) groups is 1. The lowest BCUT2D eigenvalue weighted by atomic mass is 10.0. The first-order chi connectivity index (χ1) is 13.2. The van der Waals surface area contributed by atoms with Gasteiger partial charge in [0.25, 0.3) is 0 Å². The van der Waals surface area contributed by atoms with E-state index in [1.807, 2.05) is 25.8 Å². The summed E-state index contributed by atoms with van der Waals surface area (Å²) >= 11 is 0. The van der Waals surface area contributed by atoms with Crippen molar-refractivity contribution in [3.63, 3.8) is 0 Å². The highest BCUT2D eigenvalue weighted by Crippen LogP contribution is 2.29. The SMILES string of the molecule is CCc1cc(N=CN(C)CC)ccc1C(=O)OCc1cccc(C(F)(F)F)c1. The molecular weight excluding hydrogens is 369 g/mol. The number of aryl methyl sites for hydroxylation is 1.